The molecular weight excluding hydrogens is 216 g/mol. The van der Waals surface area contributed by atoms with Crippen molar-refractivity contribution in [2.24, 2.45) is 0 Å². The van der Waals surface area contributed by atoms with Crippen LogP contribution in [0.2, 0.25) is 0 Å². The van der Waals surface area contributed by atoms with Gasteiger partial charge in [-0.3, -0.25) is 4.79 Å². The number of nitrogens with one attached hydrogen (secondary N) is 2. The van der Waals surface area contributed by atoms with Gasteiger partial charge in [-0.1, -0.05) is 11.3 Å². The number of aromatic nitrogens is 1. The summed E-state index contributed by atoms with van der Waals surface area (Å²) in [5.74, 6) is 0. The molecule has 0 bridgehead atoms. The largest absolute Gasteiger partial charge is 0.444 e. The number of hydrogen-bond donors (Lipinski definition) is 2. The van der Waals surface area contributed by atoms with Crippen LogP contribution < -0.4 is 10.2 Å². The fourth-order valence-corrected chi connectivity index (χ4v) is 1.46. The van der Waals surface area contributed by atoms with Crippen molar-refractivity contribution in [3.63, 3.8) is 0 Å². The van der Waals surface area contributed by atoms with Gasteiger partial charge in [0.15, 0.2) is 0 Å². The van der Waals surface area contributed by atoms with E-state index in [-0.39, 0.29) is 11.4 Å². The average Bonchev–Trinajstić information content (AvgIpc) is 2.45. The lowest BCUT2D eigenvalue weighted by atomic mass is 10.2. The maximum atomic E-state index is 11.2. The standard InChI is InChI=1S/C9H14N2O3S/c1-9(2,3)14-7(12)10-4-6-5-15-8(13)11-6/h5H,4H2,1-3H3,(H,10,12)(H,11,13). The number of aromatic amines is 1. The summed E-state index contributed by atoms with van der Waals surface area (Å²) in [5, 5.41) is 4.21. The van der Waals surface area contributed by atoms with Crippen molar-refractivity contribution >= 4 is 17.4 Å². The second-order valence-electron chi connectivity index (χ2n) is 4.03. The van der Waals surface area contributed by atoms with Crippen molar-refractivity contribution in [3.05, 3.63) is 20.7 Å². The van der Waals surface area contributed by atoms with Crippen LogP contribution in [-0.4, -0.2) is 16.7 Å². The lowest BCUT2D eigenvalue weighted by Gasteiger charge is -2.19. The monoisotopic (exact) mass is 230 g/mol. The number of thiazole rings is 1. The molecule has 0 saturated carbocycles. The quantitative estimate of drug-likeness (QED) is 0.808. The summed E-state index contributed by atoms with van der Waals surface area (Å²) < 4.78 is 5.03. The maximum Gasteiger partial charge on any atom is 0.407 e. The summed E-state index contributed by atoms with van der Waals surface area (Å²) in [7, 11) is 0. The molecule has 84 valence electrons. The Balaban J connectivity index is 2.38. The zero-order valence-corrected chi connectivity index (χ0v) is 9.73. The summed E-state index contributed by atoms with van der Waals surface area (Å²) in [6, 6.07) is 0. The number of carbonyl (C=O) groups is 1. The molecule has 0 fully saturated rings. The number of ether oxygens (including phenoxy) is 1. The molecule has 5 nitrogen and oxygen atoms in total. The molecule has 1 amide bonds. The minimum Gasteiger partial charge on any atom is -0.444 e. The fourth-order valence-electron chi connectivity index (χ4n) is 0.882. The minimum atomic E-state index is -0.508. The van der Waals surface area contributed by atoms with Crippen molar-refractivity contribution in [2.75, 3.05) is 0 Å². The Labute approximate surface area is 91.5 Å². The highest BCUT2D eigenvalue weighted by molar-refractivity contribution is 7.07. The van der Waals surface area contributed by atoms with Crippen LogP contribution >= 0.6 is 11.3 Å². The van der Waals surface area contributed by atoms with E-state index in [0.29, 0.717) is 5.69 Å². The topological polar surface area (TPSA) is 71.2 Å². The Hall–Kier alpha value is -1.30. The minimum absolute atomic E-state index is 0.129. The smallest absolute Gasteiger partial charge is 0.407 e. The van der Waals surface area contributed by atoms with Gasteiger partial charge in [0.05, 0.1) is 6.54 Å². The Morgan fingerprint density at radius 3 is 2.73 bits per heavy atom. The molecule has 0 aliphatic carbocycles. The molecule has 1 aromatic rings. The third-order valence-corrected chi connectivity index (χ3v) is 2.11. The van der Waals surface area contributed by atoms with E-state index < -0.39 is 11.7 Å². The van der Waals surface area contributed by atoms with E-state index in [4.69, 9.17) is 4.74 Å². The van der Waals surface area contributed by atoms with Crippen molar-refractivity contribution in [3.8, 4) is 0 Å². The van der Waals surface area contributed by atoms with E-state index >= 15 is 0 Å². The van der Waals surface area contributed by atoms with Crippen LogP contribution in [0.3, 0.4) is 0 Å². The highest BCUT2D eigenvalue weighted by Crippen LogP contribution is 2.06. The normalized spacial score (nSPS) is 11.1. The molecule has 0 unspecified atom stereocenters. The van der Waals surface area contributed by atoms with Gasteiger partial charge in [0.25, 0.3) is 0 Å². The van der Waals surface area contributed by atoms with Gasteiger partial charge in [0.2, 0.25) is 0 Å². The predicted molar refractivity (Wildman–Crippen MR) is 58.0 cm³/mol. The molecule has 1 heterocycles. The van der Waals surface area contributed by atoms with E-state index in [1.807, 2.05) is 0 Å². The molecule has 0 atom stereocenters. The van der Waals surface area contributed by atoms with Crippen molar-refractivity contribution in [2.45, 2.75) is 32.9 Å². The summed E-state index contributed by atoms with van der Waals surface area (Å²) in [5.41, 5.74) is 0.169. The van der Waals surface area contributed by atoms with E-state index in [1.165, 1.54) is 0 Å². The number of carbonyl (C=O) groups excluding carboxylic acids is 1. The molecule has 0 aliphatic rings. The number of alkyl carbamates (subject to hydrolysis) is 1. The van der Waals surface area contributed by atoms with Crippen molar-refractivity contribution in [1.82, 2.24) is 10.3 Å². The van der Waals surface area contributed by atoms with Crippen LogP contribution in [0.15, 0.2) is 10.2 Å². The Morgan fingerprint density at radius 1 is 1.60 bits per heavy atom. The van der Waals surface area contributed by atoms with Crippen LogP contribution in [0.25, 0.3) is 0 Å². The first-order valence-corrected chi connectivity index (χ1v) is 5.38. The van der Waals surface area contributed by atoms with Crippen molar-refractivity contribution in [1.29, 1.82) is 0 Å². The van der Waals surface area contributed by atoms with E-state index in [1.54, 1.807) is 26.2 Å². The van der Waals surface area contributed by atoms with Gasteiger partial charge in [-0.25, -0.2) is 4.79 Å². The molecule has 1 rings (SSSR count). The summed E-state index contributed by atoms with van der Waals surface area (Å²) in [6.07, 6.45) is -0.491. The highest BCUT2D eigenvalue weighted by Gasteiger charge is 2.15. The third-order valence-electron chi connectivity index (χ3n) is 1.39. The van der Waals surface area contributed by atoms with Crippen LogP contribution in [0.4, 0.5) is 4.79 Å². The van der Waals surface area contributed by atoms with E-state index in [9.17, 15) is 9.59 Å². The van der Waals surface area contributed by atoms with Crippen LogP contribution in [0.5, 0.6) is 0 Å². The fraction of sp³-hybridized carbons (Fsp3) is 0.556. The average molecular weight is 230 g/mol. The van der Waals surface area contributed by atoms with Gasteiger partial charge < -0.3 is 15.0 Å². The molecule has 1 aromatic heterocycles. The Kier molecular flexibility index (Phi) is 3.52. The molecule has 0 aliphatic heterocycles. The highest BCUT2D eigenvalue weighted by atomic mass is 32.1. The van der Waals surface area contributed by atoms with Gasteiger partial charge in [-0.2, -0.15) is 0 Å². The third kappa shape index (κ3) is 4.64. The summed E-state index contributed by atoms with van der Waals surface area (Å²) in [4.78, 5) is 24.5. The van der Waals surface area contributed by atoms with Crippen LogP contribution in [0, 0.1) is 0 Å². The molecule has 0 aromatic carbocycles. The molecule has 15 heavy (non-hydrogen) atoms. The zero-order valence-electron chi connectivity index (χ0n) is 8.92. The molecule has 0 saturated heterocycles. The Bertz CT molecular complexity index is 389. The number of rotatable bonds is 2. The van der Waals surface area contributed by atoms with Gasteiger partial charge >= 0.3 is 11.0 Å². The SMILES string of the molecule is CC(C)(C)OC(=O)NCc1csc(=O)[nH]1. The van der Waals surface area contributed by atoms with Gasteiger partial charge in [-0.05, 0) is 20.8 Å². The van der Waals surface area contributed by atoms with Crippen molar-refractivity contribution < 1.29 is 9.53 Å². The van der Waals surface area contributed by atoms with Gasteiger partial charge in [-0.15, -0.1) is 0 Å². The van der Waals surface area contributed by atoms with Crippen LogP contribution in [-0.2, 0) is 11.3 Å². The number of amides is 1. The summed E-state index contributed by atoms with van der Waals surface area (Å²) >= 11 is 1.07. The van der Waals surface area contributed by atoms with Gasteiger partial charge in [0, 0.05) is 11.1 Å². The van der Waals surface area contributed by atoms with Crippen LogP contribution in [0.1, 0.15) is 26.5 Å². The Morgan fingerprint density at radius 2 is 2.27 bits per heavy atom. The van der Waals surface area contributed by atoms with E-state index in [2.05, 4.69) is 10.3 Å². The molecule has 0 radical (unpaired) electrons. The maximum absolute atomic E-state index is 11.2. The molecule has 2 N–H and O–H groups in total. The molecule has 6 heteroatoms. The number of hydrogen-bond acceptors (Lipinski definition) is 4. The first-order chi connectivity index (χ1) is 6.87. The second kappa shape index (κ2) is 4.48. The van der Waals surface area contributed by atoms with Gasteiger partial charge in [0.1, 0.15) is 5.60 Å². The predicted octanol–water partition coefficient (Wildman–Crippen LogP) is 1.46. The first kappa shape index (κ1) is 11.8. The lowest BCUT2D eigenvalue weighted by molar-refractivity contribution is 0.0523. The summed E-state index contributed by atoms with van der Waals surface area (Å²) in [6.45, 7) is 5.64. The second-order valence-corrected chi connectivity index (χ2v) is 4.87. The molecule has 0 spiro atoms. The zero-order chi connectivity index (χ0) is 11.5. The molecular formula is C9H14N2O3S. The number of H-pyrrole nitrogens is 1. The lowest BCUT2D eigenvalue weighted by Crippen LogP contribution is -2.32. The van der Waals surface area contributed by atoms with E-state index in [0.717, 1.165) is 11.3 Å². The first-order valence-electron chi connectivity index (χ1n) is 4.50.